The van der Waals surface area contributed by atoms with E-state index in [-0.39, 0.29) is 5.97 Å². The number of carbonyl (C=O) groups excluding carboxylic acids is 1. The summed E-state index contributed by atoms with van der Waals surface area (Å²) in [6, 6.07) is 7.90. The lowest BCUT2D eigenvalue weighted by atomic mass is 10.2. The van der Waals surface area contributed by atoms with Gasteiger partial charge in [-0.2, -0.15) is 0 Å². The van der Waals surface area contributed by atoms with Gasteiger partial charge >= 0.3 is 17.9 Å². The maximum atomic E-state index is 11.2. The van der Waals surface area contributed by atoms with Crippen molar-refractivity contribution in [1.82, 2.24) is 9.55 Å². The van der Waals surface area contributed by atoms with Crippen LogP contribution in [0.15, 0.2) is 43.0 Å². The fourth-order valence-corrected chi connectivity index (χ4v) is 1.98. The van der Waals surface area contributed by atoms with Crippen LogP contribution in [0.3, 0.4) is 0 Å². The molecule has 2 N–H and O–H groups in total. The lowest BCUT2D eigenvalue weighted by Crippen LogP contribution is -2.09. The monoisotopic (exact) mass is 378 g/mol. The number of rotatable bonds is 8. The van der Waals surface area contributed by atoms with E-state index in [1.165, 1.54) is 0 Å². The first-order valence-electron chi connectivity index (χ1n) is 8.22. The van der Waals surface area contributed by atoms with Crippen molar-refractivity contribution in [2.45, 2.75) is 26.3 Å². The average molecular weight is 378 g/mol. The van der Waals surface area contributed by atoms with Crippen LogP contribution >= 0.6 is 0 Å². The Hall–Kier alpha value is -3.36. The third-order valence-corrected chi connectivity index (χ3v) is 3.16. The highest BCUT2D eigenvalue weighted by molar-refractivity contribution is 6.27. The molecule has 1 heterocycles. The van der Waals surface area contributed by atoms with Crippen molar-refractivity contribution in [2.24, 2.45) is 0 Å². The molecule has 0 spiro atoms. The summed E-state index contributed by atoms with van der Waals surface area (Å²) in [5, 5.41) is 14.8. The highest BCUT2D eigenvalue weighted by Gasteiger charge is 2.06. The largest absolute Gasteiger partial charge is 0.493 e. The van der Waals surface area contributed by atoms with Crippen LogP contribution in [0.5, 0.6) is 5.75 Å². The Balaban J connectivity index is 0.000000527. The number of benzene rings is 1. The van der Waals surface area contributed by atoms with E-state index in [1.54, 1.807) is 19.4 Å². The van der Waals surface area contributed by atoms with Gasteiger partial charge in [0.2, 0.25) is 0 Å². The molecule has 0 amide bonds. The molecule has 2 aromatic rings. The molecule has 2 rings (SSSR count). The smallest absolute Gasteiger partial charge is 0.414 e. The molecule has 0 aliphatic carbocycles. The minimum Gasteiger partial charge on any atom is -0.493 e. The third kappa shape index (κ3) is 9.05. The highest BCUT2D eigenvalue weighted by atomic mass is 16.5. The Morgan fingerprint density at radius 2 is 1.85 bits per heavy atom. The number of esters is 1. The van der Waals surface area contributed by atoms with Gasteiger partial charge in [0.1, 0.15) is 5.75 Å². The van der Waals surface area contributed by atoms with E-state index in [4.69, 9.17) is 29.3 Å². The van der Waals surface area contributed by atoms with Crippen molar-refractivity contribution in [3.63, 3.8) is 0 Å². The standard InChI is InChI=1S/C16H20N2O3.C2H2O4/c1-2-20-16(19)8-5-11-21-15-7-4-3-6-14(15)12-18-10-9-17-13-18;3-1(4)2(5)6/h3-4,6-7,9-10,13H,2,5,8,11-12H2,1H3;(H,3,4)(H,5,6). The third-order valence-electron chi connectivity index (χ3n) is 3.16. The number of ether oxygens (including phenoxy) is 2. The summed E-state index contributed by atoms with van der Waals surface area (Å²) in [4.78, 5) is 33.5. The zero-order valence-electron chi connectivity index (χ0n) is 14.9. The molecule has 9 nitrogen and oxygen atoms in total. The van der Waals surface area contributed by atoms with Crippen molar-refractivity contribution in [3.8, 4) is 5.75 Å². The van der Waals surface area contributed by atoms with Gasteiger partial charge in [0.15, 0.2) is 0 Å². The predicted molar refractivity (Wildman–Crippen MR) is 94.4 cm³/mol. The Morgan fingerprint density at radius 3 is 2.44 bits per heavy atom. The number of para-hydroxylation sites is 1. The molecule has 0 aliphatic heterocycles. The van der Waals surface area contributed by atoms with Crippen LogP contribution in [-0.2, 0) is 25.7 Å². The lowest BCUT2D eigenvalue weighted by Gasteiger charge is -2.11. The summed E-state index contributed by atoms with van der Waals surface area (Å²) in [7, 11) is 0. The van der Waals surface area contributed by atoms with Gasteiger partial charge in [0, 0.05) is 24.4 Å². The number of carboxylic acid groups (broad SMARTS) is 2. The summed E-state index contributed by atoms with van der Waals surface area (Å²) in [6.07, 6.45) is 6.48. The molecule has 0 aliphatic rings. The van der Waals surface area contributed by atoms with Gasteiger partial charge in [-0.05, 0) is 19.4 Å². The first-order chi connectivity index (χ1) is 12.9. The number of hydrogen-bond acceptors (Lipinski definition) is 6. The number of nitrogens with zero attached hydrogens (tertiary/aromatic N) is 2. The molecule has 0 fully saturated rings. The predicted octanol–water partition coefficient (Wildman–Crippen LogP) is 1.81. The number of carboxylic acids is 2. The lowest BCUT2D eigenvalue weighted by molar-refractivity contribution is -0.159. The second-order valence-corrected chi connectivity index (χ2v) is 5.21. The molecular formula is C18H22N2O7. The maximum Gasteiger partial charge on any atom is 0.414 e. The maximum absolute atomic E-state index is 11.2. The van der Waals surface area contributed by atoms with Crippen LogP contribution in [0.4, 0.5) is 0 Å². The van der Waals surface area contributed by atoms with Gasteiger partial charge in [-0.15, -0.1) is 0 Å². The normalized spacial score (nSPS) is 9.67. The second-order valence-electron chi connectivity index (χ2n) is 5.21. The molecule has 27 heavy (non-hydrogen) atoms. The van der Waals surface area contributed by atoms with E-state index in [0.717, 1.165) is 11.3 Å². The van der Waals surface area contributed by atoms with Gasteiger partial charge in [0.05, 0.1) is 26.1 Å². The van der Waals surface area contributed by atoms with Crippen molar-refractivity contribution in [2.75, 3.05) is 13.2 Å². The van der Waals surface area contributed by atoms with Crippen LogP contribution in [0.2, 0.25) is 0 Å². The molecule has 9 heteroatoms. The Kier molecular flexibility index (Phi) is 9.69. The first-order valence-corrected chi connectivity index (χ1v) is 8.22. The Bertz CT molecular complexity index is 717. The van der Waals surface area contributed by atoms with Gasteiger partial charge in [-0.3, -0.25) is 4.79 Å². The summed E-state index contributed by atoms with van der Waals surface area (Å²) >= 11 is 0. The summed E-state index contributed by atoms with van der Waals surface area (Å²) in [6.45, 7) is 3.45. The molecule has 0 atom stereocenters. The van der Waals surface area contributed by atoms with Crippen molar-refractivity contribution in [3.05, 3.63) is 48.5 Å². The molecule has 0 saturated heterocycles. The van der Waals surface area contributed by atoms with Crippen LogP contribution in [0, 0.1) is 0 Å². The molecule has 0 radical (unpaired) electrons. The summed E-state index contributed by atoms with van der Waals surface area (Å²) in [5.74, 6) is -2.98. The molecule has 1 aromatic carbocycles. The van der Waals surface area contributed by atoms with Gasteiger partial charge in [-0.25, -0.2) is 14.6 Å². The average Bonchev–Trinajstić information content (AvgIpc) is 3.14. The molecule has 0 bridgehead atoms. The van der Waals surface area contributed by atoms with Gasteiger partial charge < -0.3 is 24.3 Å². The van der Waals surface area contributed by atoms with Crippen molar-refractivity contribution in [1.29, 1.82) is 0 Å². The van der Waals surface area contributed by atoms with E-state index >= 15 is 0 Å². The fourth-order valence-electron chi connectivity index (χ4n) is 1.98. The van der Waals surface area contributed by atoms with E-state index in [2.05, 4.69) is 4.98 Å². The fraction of sp³-hybridized carbons (Fsp3) is 0.333. The number of carbonyl (C=O) groups is 3. The molecule has 0 saturated carbocycles. The van der Waals surface area contributed by atoms with Gasteiger partial charge in [0.25, 0.3) is 0 Å². The Labute approximate surface area is 156 Å². The zero-order valence-corrected chi connectivity index (χ0v) is 14.9. The summed E-state index contributed by atoms with van der Waals surface area (Å²) < 4.78 is 12.6. The molecular weight excluding hydrogens is 356 g/mol. The molecule has 146 valence electrons. The van der Waals surface area contributed by atoms with Crippen LogP contribution < -0.4 is 4.74 Å². The number of imidazole rings is 1. The number of hydrogen-bond donors (Lipinski definition) is 2. The highest BCUT2D eigenvalue weighted by Crippen LogP contribution is 2.19. The SMILES string of the molecule is CCOC(=O)CCCOc1ccccc1Cn1ccnc1.O=C(O)C(=O)O. The molecule has 1 aromatic heterocycles. The van der Waals surface area contributed by atoms with Crippen LogP contribution in [-0.4, -0.2) is 50.9 Å². The van der Waals surface area contributed by atoms with Gasteiger partial charge in [-0.1, -0.05) is 18.2 Å². The quantitative estimate of drug-likeness (QED) is 0.404. The number of aliphatic carboxylic acids is 2. The van der Waals surface area contributed by atoms with E-state index < -0.39 is 11.9 Å². The van der Waals surface area contributed by atoms with E-state index in [0.29, 0.717) is 32.6 Å². The topological polar surface area (TPSA) is 128 Å². The van der Waals surface area contributed by atoms with Crippen molar-refractivity contribution >= 4 is 17.9 Å². The van der Waals surface area contributed by atoms with Crippen LogP contribution in [0.1, 0.15) is 25.3 Å². The van der Waals surface area contributed by atoms with Crippen molar-refractivity contribution < 1.29 is 34.1 Å². The van der Waals surface area contributed by atoms with E-state index in [9.17, 15) is 4.79 Å². The second kappa shape index (κ2) is 12.1. The van der Waals surface area contributed by atoms with E-state index in [1.807, 2.05) is 35.0 Å². The first kappa shape index (κ1) is 21.7. The summed E-state index contributed by atoms with van der Waals surface area (Å²) in [5.41, 5.74) is 1.09. The minimum atomic E-state index is -1.82. The molecule has 0 unspecified atom stereocenters. The van der Waals surface area contributed by atoms with Crippen LogP contribution in [0.25, 0.3) is 0 Å². The Morgan fingerprint density at radius 1 is 1.15 bits per heavy atom. The number of aromatic nitrogens is 2. The minimum absolute atomic E-state index is 0.173. The zero-order chi connectivity index (χ0) is 20.1.